The Balaban J connectivity index is 1.50. The fourth-order valence-corrected chi connectivity index (χ4v) is 4.26. The molecule has 0 bridgehead atoms. The van der Waals surface area contributed by atoms with Gasteiger partial charge in [0.25, 0.3) is 11.8 Å². The highest BCUT2D eigenvalue weighted by atomic mass is 16.4. The third-order valence-electron chi connectivity index (χ3n) is 5.93. The third-order valence-corrected chi connectivity index (χ3v) is 5.93. The van der Waals surface area contributed by atoms with Gasteiger partial charge in [-0.1, -0.05) is 42.5 Å². The Labute approximate surface area is 194 Å². The molecule has 3 amide bonds. The molecule has 1 aliphatic heterocycles. The normalized spacial score (nSPS) is 13.7. The van der Waals surface area contributed by atoms with Crippen molar-refractivity contribution in [3.05, 3.63) is 112 Å². The van der Waals surface area contributed by atoms with E-state index < -0.39 is 29.4 Å². The van der Waals surface area contributed by atoms with Crippen LogP contribution in [-0.2, 0) is 11.2 Å². The fraction of sp³-hybridized carbons (Fsp3) is 0.111. The van der Waals surface area contributed by atoms with E-state index >= 15 is 0 Å². The fourth-order valence-electron chi connectivity index (χ4n) is 4.26. The Morgan fingerprint density at radius 3 is 2.21 bits per heavy atom. The first kappa shape index (κ1) is 21.3. The molecule has 3 aromatic carbocycles. The van der Waals surface area contributed by atoms with Crippen LogP contribution in [0.5, 0.6) is 0 Å². The summed E-state index contributed by atoms with van der Waals surface area (Å²) < 4.78 is 5.27. The predicted octanol–water partition coefficient (Wildman–Crippen LogP) is 3.95. The maximum Gasteiger partial charge on any atom is 0.336 e. The first-order chi connectivity index (χ1) is 16.4. The van der Waals surface area contributed by atoms with Crippen molar-refractivity contribution in [3.8, 4) is 0 Å². The van der Waals surface area contributed by atoms with E-state index in [1.165, 1.54) is 6.07 Å². The number of nitrogens with zero attached hydrogens (tertiary/aromatic N) is 1. The zero-order valence-electron chi connectivity index (χ0n) is 18.3. The van der Waals surface area contributed by atoms with E-state index in [1.807, 2.05) is 30.3 Å². The highest BCUT2D eigenvalue weighted by Gasteiger charge is 2.42. The van der Waals surface area contributed by atoms with Gasteiger partial charge in [-0.25, -0.2) is 4.79 Å². The van der Waals surface area contributed by atoms with E-state index in [0.29, 0.717) is 11.3 Å². The van der Waals surface area contributed by atoms with Crippen molar-refractivity contribution < 1.29 is 18.8 Å². The third kappa shape index (κ3) is 3.77. The number of anilines is 1. The van der Waals surface area contributed by atoms with Gasteiger partial charge in [0.15, 0.2) is 0 Å². The topological polar surface area (TPSA) is 96.7 Å². The van der Waals surface area contributed by atoms with E-state index in [-0.39, 0.29) is 17.5 Å². The minimum Gasteiger partial charge on any atom is -0.423 e. The number of benzene rings is 3. The summed E-state index contributed by atoms with van der Waals surface area (Å²) in [6.45, 7) is 1.80. The second-order valence-electron chi connectivity index (χ2n) is 8.18. The molecule has 0 saturated carbocycles. The molecule has 34 heavy (non-hydrogen) atoms. The average Bonchev–Trinajstić information content (AvgIpc) is 3.08. The summed E-state index contributed by atoms with van der Waals surface area (Å²) in [6.07, 6.45) is 0.153. The van der Waals surface area contributed by atoms with Crippen molar-refractivity contribution in [3.63, 3.8) is 0 Å². The standard InChI is InChI=1S/C27H20N2O5/c1-16-13-24(30)34-23-15-18(11-12-19(16)23)28-25(31)22(14-17-7-3-2-4-8-17)29-26(32)20-9-5-6-10-21(20)27(29)33/h2-13,15,22H,14H2,1H3,(H,28,31)/t22-/m1/s1. The maximum absolute atomic E-state index is 13.5. The van der Waals surface area contributed by atoms with E-state index in [4.69, 9.17) is 4.42 Å². The summed E-state index contributed by atoms with van der Waals surface area (Å²) in [5, 5.41) is 3.54. The number of imide groups is 1. The van der Waals surface area contributed by atoms with Crippen molar-refractivity contribution in [2.24, 2.45) is 0 Å². The minimum atomic E-state index is -1.07. The van der Waals surface area contributed by atoms with Gasteiger partial charge in [-0.3, -0.25) is 19.3 Å². The summed E-state index contributed by atoms with van der Waals surface area (Å²) in [7, 11) is 0. The molecule has 0 unspecified atom stereocenters. The van der Waals surface area contributed by atoms with Crippen molar-refractivity contribution in [2.45, 2.75) is 19.4 Å². The van der Waals surface area contributed by atoms with Crippen molar-refractivity contribution in [2.75, 3.05) is 5.32 Å². The molecule has 1 aliphatic rings. The highest BCUT2D eigenvalue weighted by Crippen LogP contribution is 2.27. The van der Waals surface area contributed by atoms with Gasteiger partial charge in [-0.2, -0.15) is 0 Å². The van der Waals surface area contributed by atoms with Crippen molar-refractivity contribution >= 4 is 34.4 Å². The van der Waals surface area contributed by atoms with Crippen LogP contribution in [0.2, 0.25) is 0 Å². The molecule has 0 saturated heterocycles. The Kier molecular flexibility index (Phi) is 5.30. The van der Waals surface area contributed by atoms with Crippen molar-refractivity contribution in [1.82, 2.24) is 4.90 Å². The van der Waals surface area contributed by atoms with E-state index in [2.05, 4.69) is 5.32 Å². The molecule has 7 heteroatoms. The first-order valence-electron chi connectivity index (χ1n) is 10.8. The summed E-state index contributed by atoms with van der Waals surface area (Å²) >= 11 is 0. The lowest BCUT2D eigenvalue weighted by atomic mass is 10.0. The molecular formula is C27H20N2O5. The van der Waals surface area contributed by atoms with Gasteiger partial charge < -0.3 is 9.73 Å². The molecule has 0 radical (unpaired) electrons. The van der Waals surface area contributed by atoms with E-state index in [9.17, 15) is 19.2 Å². The summed E-state index contributed by atoms with van der Waals surface area (Å²) in [4.78, 5) is 52.5. The second kappa shape index (κ2) is 8.44. The molecule has 2 heterocycles. The zero-order chi connectivity index (χ0) is 23.8. The van der Waals surface area contributed by atoms with Gasteiger partial charge >= 0.3 is 5.63 Å². The Hall–Kier alpha value is -4.52. The molecule has 1 N–H and O–H groups in total. The summed E-state index contributed by atoms with van der Waals surface area (Å²) in [5.41, 5.74) is 2.37. The molecule has 7 nitrogen and oxygen atoms in total. The van der Waals surface area contributed by atoms with Crippen molar-refractivity contribution in [1.29, 1.82) is 0 Å². The van der Waals surface area contributed by atoms with Crippen LogP contribution in [0.3, 0.4) is 0 Å². The SMILES string of the molecule is Cc1cc(=O)oc2cc(NC(=O)[C@@H](Cc3ccccc3)N3C(=O)c4ccccc4C3=O)ccc12. The molecule has 5 rings (SSSR count). The molecule has 168 valence electrons. The Bertz CT molecular complexity index is 1470. The Morgan fingerprint density at radius 2 is 1.53 bits per heavy atom. The van der Waals surface area contributed by atoms with Crippen LogP contribution in [0.1, 0.15) is 31.8 Å². The summed E-state index contributed by atoms with van der Waals surface area (Å²) in [6, 6.07) is 21.1. The van der Waals surface area contributed by atoms with Gasteiger partial charge in [0.1, 0.15) is 11.6 Å². The molecule has 1 aromatic heterocycles. The highest BCUT2D eigenvalue weighted by molar-refractivity contribution is 6.23. The maximum atomic E-state index is 13.5. The molecule has 0 spiro atoms. The molecular weight excluding hydrogens is 432 g/mol. The quantitative estimate of drug-likeness (QED) is 0.365. The van der Waals surface area contributed by atoms with E-state index in [1.54, 1.807) is 49.4 Å². The second-order valence-corrected chi connectivity index (χ2v) is 8.18. The largest absolute Gasteiger partial charge is 0.423 e. The summed E-state index contributed by atoms with van der Waals surface area (Å²) in [5.74, 6) is -1.53. The van der Waals surface area contributed by atoms with Crippen LogP contribution in [0.25, 0.3) is 11.0 Å². The molecule has 0 fully saturated rings. The molecule has 1 atom stereocenters. The monoisotopic (exact) mass is 452 g/mol. The number of hydrogen-bond acceptors (Lipinski definition) is 5. The number of amides is 3. The average molecular weight is 452 g/mol. The number of hydrogen-bond donors (Lipinski definition) is 1. The first-order valence-corrected chi connectivity index (χ1v) is 10.8. The lowest BCUT2D eigenvalue weighted by molar-refractivity contribution is -0.119. The van der Waals surface area contributed by atoms with Gasteiger partial charge in [0.05, 0.1) is 11.1 Å². The van der Waals surface area contributed by atoms with Crippen LogP contribution >= 0.6 is 0 Å². The van der Waals surface area contributed by atoms with Crippen LogP contribution in [-0.4, -0.2) is 28.7 Å². The lowest BCUT2D eigenvalue weighted by Gasteiger charge is -2.25. The van der Waals surface area contributed by atoms with Crippen LogP contribution in [0.4, 0.5) is 5.69 Å². The number of aryl methyl sites for hydroxylation is 1. The lowest BCUT2D eigenvalue weighted by Crippen LogP contribution is -2.48. The number of fused-ring (bicyclic) bond motifs is 2. The van der Waals surface area contributed by atoms with Gasteiger partial charge in [-0.05, 0) is 42.3 Å². The number of carbonyl (C=O) groups excluding carboxylic acids is 3. The minimum absolute atomic E-state index is 0.153. The predicted molar refractivity (Wildman–Crippen MR) is 127 cm³/mol. The van der Waals surface area contributed by atoms with Gasteiger partial charge in [0, 0.05) is 29.6 Å². The Morgan fingerprint density at radius 1 is 0.882 bits per heavy atom. The molecule has 4 aromatic rings. The zero-order valence-corrected chi connectivity index (χ0v) is 18.3. The van der Waals surface area contributed by atoms with Gasteiger partial charge in [0.2, 0.25) is 5.91 Å². The van der Waals surface area contributed by atoms with Crippen LogP contribution < -0.4 is 10.9 Å². The number of carbonyl (C=O) groups is 3. The number of rotatable bonds is 5. The number of nitrogens with one attached hydrogen (secondary N) is 1. The van der Waals surface area contributed by atoms with Gasteiger partial charge in [-0.15, -0.1) is 0 Å². The van der Waals surface area contributed by atoms with Crippen LogP contribution in [0, 0.1) is 6.92 Å². The van der Waals surface area contributed by atoms with E-state index in [0.717, 1.165) is 21.4 Å². The smallest absolute Gasteiger partial charge is 0.336 e. The molecule has 0 aliphatic carbocycles. The van der Waals surface area contributed by atoms with Crippen LogP contribution in [0.15, 0.2) is 88.1 Å².